The van der Waals surface area contributed by atoms with Gasteiger partial charge in [-0.25, -0.2) is 4.39 Å². The van der Waals surface area contributed by atoms with Crippen LogP contribution in [0.25, 0.3) is 0 Å². The van der Waals surface area contributed by atoms with Crippen molar-refractivity contribution >= 4 is 17.6 Å². The fraction of sp³-hybridized carbons (Fsp3) is 0.571. The summed E-state index contributed by atoms with van der Waals surface area (Å²) in [4.78, 5) is 38.1. The van der Waals surface area contributed by atoms with Crippen LogP contribution in [0, 0.1) is 23.6 Å². The zero-order chi connectivity index (χ0) is 31.4. The van der Waals surface area contributed by atoms with Gasteiger partial charge in [-0.3, -0.25) is 14.4 Å². The highest BCUT2D eigenvalue weighted by molar-refractivity contribution is 5.88. The normalized spacial score (nSPS) is 15.8. The molecule has 2 aromatic carbocycles. The van der Waals surface area contributed by atoms with E-state index in [1.807, 2.05) is 38.1 Å². The van der Waals surface area contributed by atoms with E-state index in [0.717, 1.165) is 42.6 Å². The summed E-state index contributed by atoms with van der Waals surface area (Å²) in [6, 6.07) is 13.0. The molecule has 1 fully saturated rings. The number of hydrogen-bond donors (Lipinski definition) is 3. The van der Waals surface area contributed by atoms with E-state index in [9.17, 15) is 18.8 Å². The van der Waals surface area contributed by atoms with Gasteiger partial charge in [-0.15, -0.1) is 0 Å². The van der Waals surface area contributed by atoms with Gasteiger partial charge in [0.15, 0.2) is 0 Å². The first-order valence-corrected chi connectivity index (χ1v) is 15.8. The number of hydrogen-bond acceptors (Lipinski definition) is 5. The Labute approximate surface area is 256 Å². The van der Waals surface area contributed by atoms with E-state index in [0.29, 0.717) is 37.8 Å². The van der Waals surface area contributed by atoms with Crippen LogP contribution >= 0.6 is 0 Å². The van der Waals surface area contributed by atoms with Crippen molar-refractivity contribution in [3.05, 3.63) is 65.5 Å². The van der Waals surface area contributed by atoms with Crippen molar-refractivity contribution in [2.24, 2.45) is 17.8 Å². The van der Waals surface area contributed by atoms with Gasteiger partial charge in [0.25, 0.3) is 0 Å². The van der Waals surface area contributed by atoms with Crippen LogP contribution in [0.4, 0.5) is 4.39 Å². The fourth-order valence-corrected chi connectivity index (χ4v) is 5.16. The number of ether oxygens (including phenoxy) is 1. The van der Waals surface area contributed by atoms with Crippen molar-refractivity contribution in [2.45, 2.75) is 97.8 Å². The van der Waals surface area contributed by atoms with Crippen molar-refractivity contribution in [1.82, 2.24) is 16.0 Å². The summed E-state index contributed by atoms with van der Waals surface area (Å²) in [5.41, 5.74) is 1.82. The van der Waals surface area contributed by atoms with Crippen LogP contribution in [0.2, 0.25) is 0 Å². The summed E-state index contributed by atoms with van der Waals surface area (Å²) in [7, 11) is 0. The quantitative estimate of drug-likeness (QED) is 0.189. The number of halogens is 1. The second-order valence-electron chi connectivity index (χ2n) is 12.5. The van der Waals surface area contributed by atoms with Gasteiger partial charge in [0, 0.05) is 25.4 Å². The first-order chi connectivity index (χ1) is 20.5. The molecule has 0 bridgehead atoms. The van der Waals surface area contributed by atoms with Crippen molar-refractivity contribution in [3.8, 4) is 5.75 Å². The molecular formula is C35H50FN3O4. The molecule has 8 heteroatoms. The summed E-state index contributed by atoms with van der Waals surface area (Å²) >= 11 is 0. The highest BCUT2D eigenvalue weighted by Crippen LogP contribution is 2.33. The number of benzene rings is 2. The van der Waals surface area contributed by atoms with Crippen molar-refractivity contribution < 1.29 is 23.5 Å². The van der Waals surface area contributed by atoms with Gasteiger partial charge >= 0.3 is 0 Å². The number of carbonyl (C=O) groups is 3. The molecule has 0 heterocycles. The minimum Gasteiger partial charge on any atom is -0.489 e. The Kier molecular flexibility index (Phi) is 13.6. The van der Waals surface area contributed by atoms with Gasteiger partial charge in [-0.05, 0) is 87.1 Å². The predicted molar refractivity (Wildman–Crippen MR) is 168 cm³/mol. The van der Waals surface area contributed by atoms with E-state index in [-0.39, 0.29) is 47.9 Å². The maximum absolute atomic E-state index is 13.4. The molecule has 1 aliphatic rings. The highest BCUT2D eigenvalue weighted by Gasteiger charge is 2.34. The van der Waals surface area contributed by atoms with Crippen LogP contribution in [0.5, 0.6) is 5.75 Å². The number of amides is 2. The molecular weight excluding hydrogens is 545 g/mol. The number of carbonyl (C=O) groups excluding carboxylic acids is 3. The van der Waals surface area contributed by atoms with Gasteiger partial charge in [0.2, 0.25) is 11.8 Å². The molecule has 2 aromatic rings. The van der Waals surface area contributed by atoms with Crippen LogP contribution in [0.1, 0.15) is 77.8 Å². The van der Waals surface area contributed by atoms with Crippen LogP contribution in [-0.4, -0.2) is 48.9 Å². The van der Waals surface area contributed by atoms with E-state index in [2.05, 4.69) is 29.8 Å². The monoisotopic (exact) mass is 595 g/mol. The van der Waals surface area contributed by atoms with E-state index < -0.39 is 6.04 Å². The zero-order valence-electron chi connectivity index (χ0n) is 26.5. The maximum atomic E-state index is 13.4. The molecule has 236 valence electrons. The number of aryl methyl sites for hydroxylation is 1. The Balaban J connectivity index is 1.52. The first kappa shape index (κ1) is 34.2. The molecule has 0 aromatic heterocycles. The standard InChI is InChI=1S/C35H50FN3O4/c1-23(2)12-13-24(3)34(41)39-31(21-27-14-18-30(36)19-15-27)35(42)37-20-8-10-28-9-6-7-11-32(28)43-25(4)22-38-33(26(5)40)29-16-17-29/h6-7,9,11,14-15,18-19,23-25,29,31,33,38H,8,10,12-13,16-17,20-22H2,1-5H3,(H,37,42)(H,39,41). The molecule has 3 N–H and O–H groups in total. The number of Topliss-reactive ketones (excluding diaryl/α,β-unsaturated/α-hetero) is 1. The van der Waals surface area contributed by atoms with Crippen LogP contribution in [-0.2, 0) is 27.2 Å². The second kappa shape index (κ2) is 17.1. The maximum Gasteiger partial charge on any atom is 0.242 e. The van der Waals surface area contributed by atoms with Crippen LogP contribution < -0.4 is 20.7 Å². The zero-order valence-corrected chi connectivity index (χ0v) is 26.5. The van der Waals surface area contributed by atoms with Gasteiger partial charge in [-0.1, -0.05) is 57.5 Å². The van der Waals surface area contributed by atoms with E-state index >= 15 is 0 Å². The number of rotatable bonds is 19. The number of para-hydroxylation sites is 1. The third-order valence-electron chi connectivity index (χ3n) is 7.99. The summed E-state index contributed by atoms with van der Waals surface area (Å²) in [6.07, 6.45) is 5.45. The Morgan fingerprint density at radius 2 is 1.65 bits per heavy atom. The summed E-state index contributed by atoms with van der Waals surface area (Å²) in [5, 5.41) is 9.30. The lowest BCUT2D eigenvalue weighted by Gasteiger charge is -2.22. The number of nitrogens with one attached hydrogen (secondary N) is 3. The summed E-state index contributed by atoms with van der Waals surface area (Å²) < 4.78 is 19.7. The van der Waals surface area contributed by atoms with E-state index in [1.165, 1.54) is 12.1 Å². The molecule has 4 unspecified atom stereocenters. The van der Waals surface area contributed by atoms with Crippen molar-refractivity contribution in [3.63, 3.8) is 0 Å². The molecule has 0 saturated heterocycles. The lowest BCUT2D eigenvalue weighted by atomic mass is 9.97. The molecule has 0 spiro atoms. The lowest BCUT2D eigenvalue weighted by Crippen LogP contribution is -2.49. The van der Waals surface area contributed by atoms with Crippen LogP contribution in [0.15, 0.2) is 48.5 Å². The van der Waals surface area contributed by atoms with Crippen molar-refractivity contribution in [1.29, 1.82) is 0 Å². The molecule has 0 aliphatic heterocycles. The Morgan fingerprint density at radius 1 is 0.953 bits per heavy atom. The molecule has 1 aliphatic carbocycles. The molecule has 7 nitrogen and oxygen atoms in total. The summed E-state index contributed by atoms with van der Waals surface area (Å²) in [6.45, 7) is 10.8. The van der Waals surface area contributed by atoms with Gasteiger partial charge in [0.05, 0.1) is 6.04 Å². The average molecular weight is 596 g/mol. The Bertz CT molecular complexity index is 1180. The molecule has 43 heavy (non-hydrogen) atoms. The fourth-order valence-electron chi connectivity index (χ4n) is 5.16. The molecule has 1 saturated carbocycles. The smallest absolute Gasteiger partial charge is 0.242 e. The number of ketones is 1. The minimum absolute atomic E-state index is 0.0928. The molecule has 0 radical (unpaired) electrons. The first-order valence-electron chi connectivity index (χ1n) is 15.8. The minimum atomic E-state index is -0.752. The van der Waals surface area contributed by atoms with Gasteiger partial charge in [0.1, 0.15) is 29.5 Å². The van der Waals surface area contributed by atoms with Crippen molar-refractivity contribution in [2.75, 3.05) is 13.1 Å². The van der Waals surface area contributed by atoms with E-state index in [1.54, 1.807) is 19.1 Å². The average Bonchev–Trinajstić information content (AvgIpc) is 3.80. The summed E-state index contributed by atoms with van der Waals surface area (Å²) in [5.74, 6) is 0.965. The largest absolute Gasteiger partial charge is 0.489 e. The molecule has 3 rings (SSSR count). The van der Waals surface area contributed by atoms with Gasteiger partial charge < -0.3 is 20.7 Å². The SMILES string of the molecule is CC(=O)C(NCC(C)Oc1ccccc1CCCNC(=O)C(Cc1ccc(F)cc1)NC(=O)C(C)CCC(C)C)C1CC1. The highest BCUT2D eigenvalue weighted by atomic mass is 19.1. The molecule has 4 atom stereocenters. The Morgan fingerprint density at radius 3 is 2.30 bits per heavy atom. The third kappa shape index (κ3) is 12.1. The van der Waals surface area contributed by atoms with Gasteiger partial charge in [-0.2, -0.15) is 0 Å². The topological polar surface area (TPSA) is 96.5 Å². The lowest BCUT2D eigenvalue weighted by molar-refractivity contribution is -0.131. The van der Waals surface area contributed by atoms with E-state index in [4.69, 9.17) is 4.74 Å². The Hall–Kier alpha value is -3.26. The second-order valence-corrected chi connectivity index (χ2v) is 12.5. The molecule has 2 amide bonds. The van der Waals surface area contributed by atoms with Crippen LogP contribution in [0.3, 0.4) is 0 Å². The third-order valence-corrected chi connectivity index (χ3v) is 7.99. The predicted octanol–water partition coefficient (Wildman–Crippen LogP) is 5.40.